The monoisotopic (exact) mass is 314 g/mol. The number of benzene rings is 2. The van der Waals surface area contributed by atoms with Gasteiger partial charge < -0.3 is 10.1 Å². The molecule has 0 saturated heterocycles. The maximum absolute atomic E-state index is 11.5. The molecule has 0 aromatic heterocycles. The van der Waals surface area contributed by atoms with E-state index in [0.717, 1.165) is 11.1 Å². The van der Waals surface area contributed by atoms with Gasteiger partial charge in [0, 0.05) is 6.54 Å². The van der Waals surface area contributed by atoms with Crippen LogP contribution in [0.5, 0.6) is 5.75 Å². The van der Waals surface area contributed by atoms with E-state index in [-0.39, 0.29) is 18.9 Å². The first kappa shape index (κ1) is 15.9. The molecule has 22 heavy (non-hydrogen) atoms. The maximum atomic E-state index is 11.5. The summed E-state index contributed by atoms with van der Waals surface area (Å²) in [5.74, 6) is 0.176. The van der Waals surface area contributed by atoms with Crippen LogP contribution in [0.4, 0.5) is 0 Å². The van der Waals surface area contributed by atoms with Crippen molar-refractivity contribution < 1.29 is 9.53 Å². The first-order valence-corrected chi connectivity index (χ1v) is 7.20. The van der Waals surface area contributed by atoms with E-state index in [1.165, 1.54) is 0 Å². The van der Waals surface area contributed by atoms with Crippen LogP contribution in [-0.4, -0.2) is 19.1 Å². The van der Waals surface area contributed by atoms with Gasteiger partial charge in [0.15, 0.2) is 6.61 Å². The molecule has 0 unspecified atom stereocenters. The molecular weight excluding hydrogens is 300 g/mol. The summed E-state index contributed by atoms with van der Waals surface area (Å²) in [5, 5.41) is 11.4. The van der Waals surface area contributed by atoms with Crippen LogP contribution in [-0.2, 0) is 4.79 Å². The standard InChI is InChI=1S/C17H15ClN2O2/c18-15-11-14(13-5-2-1-3-6-13)7-8-16(15)22-12-17(21)20-10-4-9-19/h1-3,5-8,11H,4,10,12H2,(H,20,21). The first-order chi connectivity index (χ1) is 10.7. The summed E-state index contributed by atoms with van der Waals surface area (Å²) in [6, 6.07) is 17.2. The van der Waals surface area contributed by atoms with Gasteiger partial charge in [0.05, 0.1) is 17.5 Å². The van der Waals surface area contributed by atoms with Gasteiger partial charge in [-0.2, -0.15) is 5.26 Å². The molecule has 0 aliphatic rings. The number of hydrogen-bond acceptors (Lipinski definition) is 3. The molecule has 0 aliphatic heterocycles. The lowest BCUT2D eigenvalue weighted by Crippen LogP contribution is -2.29. The molecule has 2 rings (SSSR count). The Bertz CT molecular complexity index is 681. The molecule has 2 aromatic rings. The summed E-state index contributed by atoms with van der Waals surface area (Å²) >= 11 is 6.19. The molecule has 0 fully saturated rings. The highest BCUT2D eigenvalue weighted by Crippen LogP contribution is 2.30. The minimum absolute atomic E-state index is 0.129. The van der Waals surface area contributed by atoms with E-state index in [9.17, 15) is 4.79 Å². The second-order valence-electron chi connectivity index (χ2n) is 4.56. The Labute approximate surface area is 134 Å². The van der Waals surface area contributed by atoms with Gasteiger partial charge in [-0.1, -0.05) is 48.0 Å². The Hall–Kier alpha value is -2.51. The number of hydrogen-bond donors (Lipinski definition) is 1. The average Bonchev–Trinajstić information content (AvgIpc) is 2.55. The van der Waals surface area contributed by atoms with Crippen LogP contribution < -0.4 is 10.1 Å². The van der Waals surface area contributed by atoms with Crippen molar-refractivity contribution in [2.24, 2.45) is 0 Å². The zero-order valence-corrected chi connectivity index (χ0v) is 12.6. The highest BCUT2D eigenvalue weighted by molar-refractivity contribution is 6.32. The summed E-state index contributed by atoms with van der Waals surface area (Å²) in [5.41, 5.74) is 2.04. The highest BCUT2D eigenvalue weighted by Gasteiger charge is 2.07. The summed E-state index contributed by atoms with van der Waals surface area (Å²) < 4.78 is 5.39. The van der Waals surface area contributed by atoms with Gasteiger partial charge in [-0.15, -0.1) is 0 Å². The van der Waals surface area contributed by atoms with E-state index in [0.29, 0.717) is 17.3 Å². The number of amides is 1. The number of nitrogens with zero attached hydrogens (tertiary/aromatic N) is 1. The third kappa shape index (κ3) is 4.51. The van der Waals surface area contributed by atoms with Crippen LogP contribution in [0.15, 0.2) is 48.5 Å². The summed E-state index contributed by atoms with van der Waals surface area (Å²) in [7, 11) is 0. The lowest BCUT2D eigenvalue weighted by Gasteiger charge is -2.09. The number of carbonyl (C=O) groups is 1. The normalized spacial score (nSPS) is 9.82. The third-order valence-electron chi connectivity index (χ3n) is 2.96. The first-order valence-electron chi connectivity index (χ1n) is 6.82. The van der Waals surface area contributed by atoms with E-state index in [4.69, 9.17) is 21.6 Å². The lowest BCUT2D eigenvalue weighted by atomic mass is 10.1. The second-order valence-corrected chi connectivity index (χ2v) is 4.97. The maximum Gasteiger partial charge on any atom is 0.257 e. The topological polar surface area (TPSA) is 62.1 Å². The van der Waals surface area contributed by atoms with Crippen molar-refractivity contribution in [1.29, 1.82) is 5.26 Å². The smallest absolute Gasteiger partial charge is 0.257 e. The average molecular weight is 315 g/mol. The number of halogens is 1. The fourth-order valence-corrected chi connectivity index (χ4v) is 2.12. The SMILES string of the molecule is N#CCCNC(=O)COc1ccc(-c2ccccc2)cc1Cl. The van der Waals surface area contributed by atoms with Crippen LogP contribution >= 0.6 is 11.6 Å². The Morgan fingerprint density at radius 3 is 2.64 bits per heavy atom. The van der Waals surface area contributed by atoms with Crippen molar-refractivity contribution in [3.8, 4) is 22.9 Å². The van der Waals surface area contributed by atoms with Crippen molar-refractivity contribution in [1.82, 2.24) is 5.32 Å². The second kappa shape index (κ2) is 8.06. The molecule has 1 N–H and O–H groups in total. The predicted molar refractivity (Wildman–Crippen MR) is 85.6 cm³/mol. The summed E-state index contributed by atoms with van der Waals surface area (Å²) in [6.07, 6.45) is 0.276. The number of ether oxygens (including phenoxy) is 1. The minimum atomic E-state index is -0.279. The van der Waals surface area contributed by atoms with Crippen molar-refractivity contribution in [3.63, 3.8) is 0 Å². The molecule has 0 spiro atoms. The van der Waals surface area contributed by atoms with Crippen LogP contribution in [0.1, 0.15) is 6.42 Å². The van der Waals surface area contributed by atoms with Crippen LogP contribution in [0.25, 0.3) is 11.1 Å². The molecular formula is C17H15ClN2O2. The van der Waals surface area contributed by atoms with Gasteiger partial charge in [0.1, 0.15) is 5.75 Å². The van der Waals surface area contributed by atoms with Crippen molar-refractivity contribution in [3.05, 3.63) is 53.6 Å². The van der Waals surface area contributed by atoms with Gasteiger partial charge in [-0.3, -0.25) is 4.79 Å². The molecule has 0 bridgehead atoms. The molecule has 0 saturated carbocycles. The lowest BCUT2D eigenvalue weighted by molar-refractivity contribution is -0.123. The number of nitriles is 1. The van der Waals surface area contributed by atoms with Crippen LogP contribution in [0.3, 0.4) is 0 Å². The summed E-state index contributed by atoms with van der Waals surface area (Å²) in [6.45, 7) is 0.190. The van der Waals surface area contributed by atoms with Crippen LogP contribution in [0.2, 0.25) is 5.02 Å². The Morgan fingerprint density at radius 2 is 1.95 bits per heavy atom. The van der Waals surface area contributed by atoms with Gasteiger partial charge >= 0.3 is 0 Å². The molecule has 1 amide bonds. The van der Waals surface area contributed by atoms with Gasteiger partial charge in [0.2, 0.25) is 0 Å². The minimum Gasteiger partial charge on any atom is -0.482 e. The molecule has 0 radical (unpaired) electrons. The molecule has 5 heteroatoms. The predicted octanol–water partition coefficient (Wildman–Crippen LogP) is 3.42. The summed E-state index contributed by atoms with van der Waals surface area (Å²) in [4.78, 5) is 11.5. The van der Waals surface area contributed by atoms with E-state index >= 15 is 0 Å². The quantitative estimate of drug-likeness (QED) is 0.831. The van der Waals surface area contributed by atoms with Gasteiger partial charge in [-0.25, -0.2) is 0 Å². The van der Waals surface area contributed by atoms with Gasteiger partial charge in [0.25, 0.3) is 5.91 Å². The number of nitrogens with one attached hydrogen (secondary N) is 1. The van der Waals surface area contributed by atoms with Crippen molar-refractivity contribution in [2.75, 3.05) is 13.2 Å². The van der Waals surface area contributed by atoms with E-state index in [2.05, 4.69) is 5.32 Å². The third-order valence-corrected chi connectivity index (χ3v) is 3.25. The van der Waals surface area contributed by atoms with Gasteiger partial charge in [-0.05, 0) is 23.3 Å². The van der Waals surface area contributed by atoms with E-state index in [1.54, 1.807) is 12.1 Å². The molecule has 0 aliphatic carbocycles. The van der Waals surface area contributed by atoms with E-state index < -0.39 is 0 Å². The number of rotatable bonds is 6. The molecule has 0 atom stereocenters. The Balaban J connectivity index is 1.96. The largest absolute Gasteiger partial charge is 0.482 e. The zero-order chi connectivity index (χ0) is 15.8. The van der Waals surface area contributed by atoms with Crippen LogP contribution in [0, 0.1) is 11.3 Å². The fourth-order valence-electron chi connectivity index (χ4n) is 1.88. The molecule has 0 heterocycles. The van der Waals surface area contributed by atoms with E-state index in [1.807, 2.05) is 42.5 Å². The Kier molecular flexibility index (Phi) is 5.81. The zero-order valence-electron chi connectivity index (χ0n) is 11.9. The highest BCUT2D eigenvalue weighted by atomic mass is 35.5. The molecule has 4 nitrogen and oxygen atoms in total. The van der Waals surface area contributed by atoms with Crippen molar-refractivity contribution in [2.45, 2.75) is 6.42 Å². The Morgan fingerprint density at radius 1 is 1.18 bits per heavy atom. The molecule has 2 aromatic carbocycles. The fraction of sp³-hybridized carbons (Fsp3) is 0.176. The van der Waals surface area contributed by atoms with Crippen molar-refractivity contribution >= 4 is 17.5 Å². The molecule has 112 valence electrons. The number of carbonyl (C=O) groups excluding carboxylic acids is 1.